The number of halogens is 2. The minimum absolute atomic E-state index is 0.0579. The molecular weight excluding hydrogens is 342 g/mol. The molecule has 1 amide bonds. The van der Waals surface area contributed by atoms with E-state index in [-0.39, 0.29) is 18.7 Å². The van der Waals surface area contributed by atoms with Crippen molar-refractivity contribution in [2.45, 2.75) is 57.0 Å². The molecule has 0 saturated carbocycles. The monoisotopic (exact) mass is 370 g/mol. The molecule has 0 bridgehead atoms. The molecule has 1 atom stereocenters. The number of β-amino-alcohol motifs (C(OH)–C–C–N with tert-alkyl or cyclic N) is 1. The van der Waals surface area contributed by atoms with Crippen molar-refractivity contribution in [2.75, 3.05) is 32.7 Å². The number of carbonyl (C=O) groups is 1. The summed E-state index contributed by atoms with van der Waals surface area (Å²) in [5.74, 6) is -2.63. The third-order valence-electron chi connectivity index (χ3n) is 5.61. The Morgan fingerprint density at radius 2 is 1.96 bits per heavy atom. The van der Waals surface area contributed by atoms with Crippen molar-refractivity contribution in [3.8, 4) is 0 Å². The van der Waals surface area contributed by atoms with E-state index in [2.05, 4.69) is 10.2 Å². The molecule has 1 aromatic rings. The molecule has 1 aromatic heterocycles. The van der Waals surface area contributed by atoms with E-state index in [1.165, 1.54) is 0 Å². The molecule has 2 aliphatic heterocycles. The van der Waals surface area contributed by atoms with Crippen LogP contribution in [0.1, 0.15) is 55.1 Å². The lowest BCUT2D eigenvalue weighted by Gasteiger charge is -2.37. The zero-order valence-electron chi connectivity index (χ0n) is 15.3. The number of aromatic nitrogens is 2. The van der Waals surface area contributed by atoms with Crippen LogP contribution in [0.25, 0.3) is 0 Å². The lowest BCUT2D eigenvalue weighted by atomic mass is 9.93. The Morgan fingerprint density at radius 3 is 2.65 bits per heavy atom. The Hall–Kier alpha value is -1.54. The SMILES string of the molecule is CCc1[nH]ncc1C(=O)N1CCCC(O)(CN2CCC(F)(F)CC2)CC1. The Bertz CT molecular complexity index is 626. The van der Waals surface area contributed by atoms with Crippen molar-refractivity contribution in [2.24, 2.45) is 0 Å². The number of rotatable bonds is 4. The summed E-state index contributed by atoms with van der Waals surface area (Å²) in [5.41, 5.74) is 0.492. The van der Waals surface area contributed by atoms with Crippen LogP contribution >= 0.6 is 0 Å². The first-order chi connectivity index (χ1) is 12.3. The van der Waals surface area contributed by atoms with Gasteiger partial charge in [0.2, 0.25) is 0 Å². The fraction of sp³-hybridized carbons (Fsp3) is 0.778. The van der Waals surface area contributed by atoms with Crippen LogP contribution in [0.4, 0.5) is 8.78 Å². The van der Waals surface area contributed by atoms with Crippen LogP contribution in [-0.4, -0.2) is 75.3 Å². The number of aliphatic hydroxyl groups is 1. The van der Waals surface area contributed by atoms with Gasteiger partial charge in [0.25, 0.3) is 11.8 Å². The predicted molar refractivity (Wildman–Crippen MR) is 93.3 cm³/mol. The maximum Gasteiger partial charge on any atom is 0.257 e. The van der Waals surface area contributed by atoms with Crippen LogP contribution in [0, 0.1) is 0 Å². The first kappa shape index (κ1) is 19.2. The fourth-order valence-electron chi connectivity index (χ4n) is 3.93. The number of nitrogens with one attached hydrogen (secondary N) is 1. The summed E-state index contributed by atoms with van der Waals surface area (Å²) in [5, 5.41) is 17.8. The molecule has 26 heavy (non-hydrogen) atoms. The molecule has 2 N–H and O–H groups in total. The molecule has 146 valence electrons. The molecular formula is C18H28F2N4O2. The standard InChI is InChI=1S/C18H28F2N4O2/c1-2-15-14(12-21-22-15)16(25)24-8-3-4-17(26,5-11-24)13-23-9-6-18(19,20)7-10-23/h12,26H,2-11,13H2,1H3,(H,21,22). The average Bonchev–Trinajstić information content (AvgIpc) is 3.00. The molecule has 6 nitrogen and oxygen atoms in total. The molecule has 2 aliphatic rings. The number of amides is 1. The van der Waals surface area contributed by atoms with Gasteiger partial charge in [0, 0.05) is 51.3 Å². The summed E-state index contributed by atoms with van der Waals surface area (Å²) in [6.07, 6.45) is 3.72. The van der Waals surface area contributed by atoms with Crippen LogP contribution in [0.3, 0.4) is 0 Å². The lowest BCUT2D eigenvalue weighted by Crippen LogP contribution is -2.48. The number of alkyl halides is 2. The van der Waals surface area contributed by atoms with Gasteiger partial charge in [-0.1, -0.05) is 6.92 Å². The second-order valence-corrected chi connectivity index (χ2v) is 7.62. The first-order valence-electron chi connectivity index (χ1n) is 9.46. The van der Waals surface area contributed by atoms with Gasteiger partial charge in [-0.25, -0.2) is 8.78 Å². The Morgan fingerprint density at radius 1 is 1.23 bits per heavy atom. The van der Waals surface area contributed by atoms with Crippen LogP contribution < -0.4 is 0 Å². The van der Waals surface area contributed by atoms with E-state index in [9.17, 15) is 18.7 Å². The molecule has 0 spiro atoms. The fourth-order valence-corrected chi connectivity index (χ4v) is 3.93. The van der Waals surface area contributed by atoms with E-state index in [0.717, 1.165) is 5.69 Å². The smallest absolute Gasteiger partial charge is 0.257 e. The summed E-state index contributed by atoms with van der Waals surface area (Å²) < 4.78 is 26.6. The molecule has 3 heterocycles. The van der Waals surface area contributed by atoms with E-state index in [4.69, 9.17) is 0 Å². The highest BCUT2D eigenvalue weighted by Crippen LogP contribution is 2.30. The van der Waals surface area contributed by atoms with Gasteiger partial charge in [-0.3, -0.25) is 9.89 Å². The summed E-state index contributed by atoms with van der Waals surface area (Å²) in [6.45, 7) is 4.05. The number of aromatic amines is 1. The minimum Gasteiger partial charge on any atom is -0.388 e. The predicted octanol–water partition coefficient (Wildman–Crippen LogP) is 2.06. The van der Waals surface area contributed by atoms with Gasteiger partial charge in [0.1, 0.15) is 0 Å². The van der Waals surface area contributed by atoms with Crippen molar-refractivity contribution < 1.29 is 18.7 Å². The van der Waals surface area contributed by atoms with Crippen molar-refractivity contribution in [3.05, 3.63) is 17.5 Å². The number of H-pyrrole nitrogens is 1. The summed E-state index contributed by atoms with van der Waals surface area (Å²) in [6, 6.07) is 0. The zero-order valence-corrected chi connectivity index (χ0v) is 15.3. The van der Waals surface area contributed by atoms with E-state index in [0.29, 0.717) is 64.0 Å². The van der Waals surface area contributed by atoms with Gasteiger partial charge in [-0.05, 0) is 25.7 Å². The molecule has 2 fully saturated rings. The highest BCUT2D eigenvalue weighted by Gasteiger charge is 2.38. The Kier molecular flexibility index (Phi) is 5.62. The minimum atomic E-state index is -2.58. The van der Waals surface area contributed by atoms with E-state index < -0.39 is 11.5 Å². The number of hydrogen-bond acceptors (Lipinski definition) is 4. The summed E-state index contributed by atoms with van der Waals surface area (Å²) >= 11 is 0. The number of likely N-dealkylation sites (tertiary alicyclic amines) is 2. The largest absolute Gasteiger partial charge is 0.388 e. The Labute approximate surface area is 152 Å². The molecule has 0 aromatic carbocycles. The van der Waals surface area contributed by atoms with Gasteiger partial charge in [-0.15, -0.1) is 0 Å². The average molecular weight is 370 g/mol. The number of piperidine rings is 1. The third kappa shape index (κ3) is 4.40. The van der Waals surface area contributed by atoms with Gasteiger partial charge < -0.3 is 14.9 Å². The molecule has 0 aliphatic carbocycles. The Balaban J connectivity index is 1.58. The maximum absolute atomic E-state index is 13.3. The van der Waals surface area contributed by atoms with Crippen molar-refractivity contribution in [3.63, 3.8) is 0 Å². The lowest BCUT2D eigenvalue weighted by molar-refractivity contribution is -0.0768. The topological polar surface area (TPSA) is 72.5 Å². The second kappa shape index (κ2) is 7.60. The number of hydrogen-bond donors (Lipinski definition) is 2. The number of nitrogens with zero attached hydrogens (tertiary/aromatic N) is 3. The van der Waals surface area contributed by atoms with Gasteiger partial charge >= 0.3 is 0 Å². The van der Waals surface area contributed by atoms with Gasteiger partial charge in [0.15, 0.2) is 0 Å². The first-order valence-corrected chi connectivity index (χ1v) is 9.46. The third-order valence-corrected chi connectivity index (χ3v) is 5.61. The normalized spacial score (nSPS) is 27.3. The van der Waals surface area contributed by atoms with E-state index in [1.807, 2.05) is 11.8 Å². The number of carbonyl (C=O) groups excluding carboxylic acids is 1. The summed E-state index contributed by atoms with van der Waals surface area (Å²) in [4.78, 5) is 16.5. The van der Waals surface area contributed by atoms with Gasteiger partial charge in [0.05, 0.1) is 17.4 Å². The molecule has 3 rings (SSSR count). The van der Waals surface area contributed by atoms with Crippen LogP contribution in [-0.2, 0) is 6.42 Å². The molecule has 2 saturated heterocycles. The zero-order chi connectivity index (χ0) is 18.8. The van der Waals surface area contributed by atoms with Crippen LogP contribution in [0.2, 0.25) is 0 Å². The van der Waals surface area contributed by atoms with Crippen LogP contribution in [0.15, 0.2) is 6.20 Å². The maximum atomic E-state index is 13.3. The highest BCUT2D eigenvalue weighted by atomic mass is 19.3. The van der Waals surface area contributed by atoms with Crippen molar-refractivity contribution >= 4 is 5.91 Å². The molecule has 1 unspecified atom stereocenters. The van der Waals surface area contributed by atoms with Crippen molar-refractivity contribution in [1.82, 2.24) is 20.0 Å². The van der Waals surface area contributed by atoms with Gasteiger partial charge in [-0.2, -0.15) is 5.10 Å². The van der Waals surface area contributed by atoms with Crippen molar-refractivity contribution in [1.29, 1.82) is 0 Å². The molecule has 8 heteroatoms. The number of aryl methyl sites for hydroxylation is 1. The highest BCUT2D eigenvalue weighted by molar-refractivity contribution is 5.95. The second-order valence-electron chi connectivity index (χ2n) is 7.62. The van der Waals surface area contributed by atoms with Crippen LogP contribution in [0.5, 0.6) is 0 Å². The quantitative estimate of drug-likeness (QED) is 0.851. The summed E-state index contributed by atoms with van der Waals surface area (Å²) in [7, 11) is 0. The van der Waals surface area contributed by atoms with E-state index >= 15 is 0 Å². The molecule has 0 radical (unpaired) electrons. The van der Waals surface area contributed by atoms with E-state index in [1.54, 1.807) is 11.1 Å².